The first-order valence-corrected chi connectivity index (χ1v) is 7.39. The standard InChI is InChI=1S/C17H19FN2O/c18-14-5-3-13(4-6-14)12-17(21)16-2-1-11-20(16)15-7-9-19-10-8-15/h1-6,11,15,19H,7-10,12H2. The SMILES string of the molecule is O=C(Cc1ccc(F)cc1)c1cccn1C1CCNCC1. The Labute approximate surface area is 123 Å². The van der Waals surface area contributed by atoms with Gasteiger partial charge in [-0.3, -0.25) is 4.79 Å². The highest BCUT2D eigenvalue weighted by atomic mass is 19.1. The summed E-state index contributed by atoms with van der Waals surface area (Å²) >= 11 is 0. The Kier molecular flexibility index (Phi) is 4.15. The zero-order chi connectivity index (χ0) is 14.7. The molecule has 1 aliphatic heterocycles. The van der Waals surface area contributed by atoms with Gasteiger partial charge in [-0.25, -0.2) is 4.39 Å². The third-order valence-electron chi connectivity index (χ3n) is 4.04. The molecule has 0 aliphatic carbocycles. The van der Waals surface area contributed by atoms with Gasteiger partial charge in [-0.15, -0.1) is 0 Å². The van der Waals surface area contributed by atoms with Gasteiger partial charge in [-0.1, -0.05) is 12.1 Å². The molecule has 1 aromatic carbocycles. The summed E-state index contributed by atoms with van der Waals surface area (Å²) in [4.78, 5) is 12.5. The highest BCUT2D eigenvalue weighted by Crippen LogP contribution is 2.22. The largest absolute Gasteiger partial charge is 0.342 e. The monoisotopic (exact) mass is 286 g/mol. The number of hydrogen-bond donors (Lipinski definition) is 1. The van der Waals surface area contributed by atoms with Crippen molar-refractivity contribution in [2.75, 3.05) is 13.1 Å². The van der Waals surface area contributed by atoms with Crippen LogP contribution in [0.1, 0.15) is 34.9 Å². The van der Waals surface area contributed by atoms with Gasteiger partial charge in [0.2, 0.25) is 0 Å². The lowest BCUT2D eigenvalue weighted by atomic mass is 10.0. The summed E-state index contributed by atoms with van der Waals surface area (Å²) in [6.45, 7) is 1.99. The van der Waals surface area contributed by atoms with Crippen molar-refractivity contribution in [3.8, 4) is 0 Å². The fourth-order valence-electron chi connectivity index (χ4n) is 2.91. The number of aromatic nitrogens is 1. The average Bonchev–Trinajstić information content (AvgIpc) is 3.00. The number of ketones is 1. The van der Waals surface area contributed by atoms with E-state index in [9.17, 15) is 9.18 Å². The van der Waals surface area contributed by atoms with Crippen molar-refractivity contribution in [1.29, 1.82) is 0 Å². The molecule has 21 heavy (non-hydrogen) atoms. The summed E-state index contributed by atoms with van der Waals surface area (Å²) < 4.78 is 15.0. The van der Waals surface area contributed by atoms with E-state index in [1.165, 1.54) is 12.1 Å². The van der Waals surface area contributed by atoms with E-state index < -0.39 is 0 Å². The molecule has 0 amide bonds. The summed E-state index contributed by atoms with van der Waals surface area (Å²) in [5, 5.41) is 3.34. The summed E-state index contributed by atoms with van der Waals surface area (Å²) in [6, 6.07) is 10.3. The molecule has 1 saturated heterocycles. The number of carbonyl (C=O) groups is 1. The van der Waals surface area contributed by atoms with E-state index in [0.29, 0.717) is 12.5 Å². The molecule has 2 aromatic rings. The molecular weight excluding hydrogens is 267 g/mol. The van der Waals surface area contributed by atoms with Crippen LogP contribution in [0, 0.1) is 5.82 Å². The quantitative estimate of drug-likeness (QED) is 0.877. The topological polar surface area (TPSA) is 34.0 Å². The maximum atomic E-state index is 12.9. The van der Waals surface area contributed by atoms with Crippen LogP contribution in [0.15, 0.2) is 42.6 Å². The third kappa shape index (κ3) is 3.22. The summed E-state index contributed by atoms with van der Waals surface area (Å²) in [6.07, 6.45) is 4.40. The van der Waals surface area contributed by atoms with Crippen LogP contribution in [0.4, 0.5) is 4.39 Å². The van der Waals surface area contributed by atoms with Gasteiger partial charge < -0.3 is 9.88 Å². The smallest absolute Gasteiger partial charge is 0.183 e. The highest BCUT2D eigenvalue weighted by Gasteiger charge is 2.19. The minimum Gasteiger partial charge on any atom is -0.342 e. The van der Waals surface area contributed by atoms with Crippen molar-refractivity contribution in [3.63, 3.8) is 0 Å². The lowest BCUT2D eigenvalue weighted by Crippen LogP contribution is -2.30. The van der Waals surface area contributed by atoms with E-state index in [1.54, 1.807) is 12.1 Å². The van der Waals surface area contributed by atoms with Crippen molar-refractivity contribution < 1.29 is 9.18 Å². The van der Waals surface area contributed by atoms with Crippen molar-refractivity contribution >= 4 is 5.78 Å². The second-order valence-electron chi connectivity index (χ2n) is 5.51. The molecule has 0 radical (unpaired) electrons. The molecule has 0 atom stereocenters. The predicted molar refractivity (Wildman–Crippen MR) is 80.0 cm³/mol. The predicted octanol–water partition coefficient (Wildman–Crippen LogP) is 2.98. The first kappa shape index (κ1) is 14.0. The summed E-state index contributed by atoms with van der Waals surface area (Å²) in [7, 11) is 0. The summed E-state index contributed by atoms with van der Waals surface area (Å²) in [5.41, 5.74) is 1.60. The van der Waals surface area contributed by atoms with Crippen LogP contribution in [0.2, 0.25) is 0 Å². The van der Waals surface area contributed by atoms with Crippen LogP contribution in [0.5, 0.6) is 0 Å². The van der Waals surface area contributed by atoms with Crippen LogP contribution >= 0.6 is 0 Å². The second-order valence-corrected chi connectivity index (χ2v) is 5.51. The van der Waals surface area contributed by atoms with Gasteiger partial charge in [0, 0.05) is 18.7 Å². The third-order valence-corrected chi connectivity index (χ3v) is 4.04. The zero-order valence-electron chi connectivity index (χ0n) is 11.9. The Morgan fingerprint density at radius 1 is 1.19 bits per heavy atom. The Morgan fingerprint density at radius 3 is 2.62 bits per heavy atom. The molecule has 1 fully saturated rings. The van der Waals surface area contributed by atoms with Crippen LogP contribution < -0.4 is 5.32 Å². The van der Waals surface area contributed by atoms with Crippen molar-refractivity contribution in [3.05, 3.63) is 59.7 Å². The molecule has 0 spiro atoms. The first-order chi connectivity index (χ1) is 10.2. The van der Waals surface area contributed by atoms with Gasteiger partial charge in [-0.05, 0) is 55.8 Å². The fraction of sp³-hybridized carbons (Fsp3) is 0.353. The Hall–Kier alpha value is -1.94. The van der Waals surface area contributed by atoms with Crippen LogP contribution in [-0.2, 0) is 6.42 Å². The molecule has 2 heterocycles. The molecule has 0 bridgehead atoms. The number of piperidine rings is 1. The molecule has 1 N–H and O–H groups in total. The maximum Gasteiger partial charge on any atom is 0.183 e. The molecule has 0 unspecified atom stereocenters. The van der Waals surface area contributed by atoms with Crippen molar-refractivity contribution in [1.82, 2.24) is 9.88 Å². The normalized spacial score (nSPS) is 16.0. The van der Waals surface area contributed by atoms with Crippen molar-refractivity contribution in [2.45, 2.75) is 25.3 Å². The maximum absolute atomic E-state index is 12.9. The van der Waals surface area contributed by atoms with Crippen LogP contribution in [0.3, 0.4) is 0 Å². The van der Waals surface area contributed by atoms with Crippen LogP contribution in [0.25, 0.3) is 0 Å². The Morgan fingerprint density at radius 2 is 1.90 bits per heavy atom. The molecular formula is C17H19FN2O. The highest BCUT2D eigenvalue weighted by molar-refractivity contribution is 5.96. The number of nitrogens with one attached hydrogen (secondary N) is 1. The number of benzene rings is 1. The summed E-state index contributed by atoms with van der Waals surface area (Å²) in [5.74, 6) is -0.186. The molecule has 1 aromatic heterocycles. The van der Waals surface area contributed by atoms with E-state index in [0.717, 1.165) is 37.2 Å². The van der Waals surface area contributed by atoms with Crippen LogP contribution in [-0.4, -0.2) is 23.4 Å². The van der Waals surface area contributed by atoms with E-state index in [1.807, 2.05) is 18.3 Å². The van der Waals surface area contributed by atoms with E-state index in [2.05, 4.69) is 9.88 Å². The van der Waals surface area contributed by atoms with E-state index in [-0.39, 0.29) is 11.6 Å². The average molecular weight is 286 g/mol. The Balaban J connectivity index is 1.75. The molecule has 3 nitrogen and oxygen atoms in total. The fourth-order valence-corrected chi connectivity index (χ4v) is 2.91. The molecule has 110 valence electrons. The van der Waals surface area contributed by atoms with Gasteiger partial charge in [0.1, 0.15) is 5.82 Å². The second kappa shape index (κ2) is 6.22. The number of nitrogens with zero attached hydrogens (tertiary/aromatic N) is 1. The van der Waals surface area contributed by atoms with Gasteiger partial charge in [-0.2, -0.15) is 0 Å². The molecule has 3 rings (SSSR count). The number of rotatable bonds is 4. The molecule has 4 heteroatoms. The molecule has 0 saturated carbocycles. The van der Waals surface area contributed by atoms with Gasteiger partial charge >= 0.3 is 0 Å². The van der Waals surface area contributed by atoms with E-state index >= 15 is 0 Å². The van der Waals surface area contributed by atoms with Gasteiger partial charge in [0.05, 0.1) is 5.69 Å². The lowest BCUT2D eigenvalue weighted by molar-refractivity contribution is 0.0980. The number of halogens is 1. The van der Waals surface area contributed by atoms with E-state index in [4.69, 9.17) is 0 Å². The minimum atomic E-state index is -0.274. The number of Topliss-reactive ketones (excluding diaryl/α,β-unsaturated/α-hetero) is 1. The number of carbonyl (C=O) groups excluding carboxylic acids is 1. The lowest BCUT2D eigenvalue weighted by Gasteiger charge is -2.25. The minimum absolute atomic E-state index is 0.0881. The van der Waals surface area contributed by atoms with Gasteiger partial charge in [0.25, 0.3) is 0 Å². The van der Waals surface area contributed by atoms with Gasteiger partial charge in [0.15, 0.2) is 5.78 Å². The zero-order valence-corrected chi connectivity index (χ0v) is 11.9. The number of hydrogen-bond acceptors (Lipinski definition) is 2. The Bertz CT molecular complexity index is 612. The van der Waals surface area contributed by atoms with Crippen molar-refractivity contribution in [2.24, 2.45) is 0 Å². The first-order valence-electron chi connectivity index (χ1n) is 7.39. The molecule has 1 aliphatic rings.